The third-order valence-electron chi connectivity index (χ3n) is 3.20. The van der Waals surface area contributed by atoms with Crippen molar-refractivity contribution in [1.82, 2.24) is 19.9 Å². The fourth-order valence-corrected chi connectivity index (χ4v) is 2.21. The second-order valence-electron chi connectivity index (χ2n) is 4.99. The molecule has 2 aromatic heterocycles. The first-order valence-electron chi connectivity index (χ1n) is 6.79. The maximum atomic E-state index is 12.3. The van der Waals surface area contributed by atoms with Gasteiger partial charge in [0.2, 0.25) is 0 Å². The molecular weight excluding hydrogens is 272 g/mol. The van der Waals surface area contributed by atoms with Gasteiger partial charge in [0, 0.05) is 11.4 Å². The number of carboxylic acid groups (broad SMARTS) is 1. The number of carbonyl (C=O) groups is 2. The number of rotatable bonds is 5. The van der Waals surface area contributed by atoms with E-state index >= 15 is 0 Å². The topological polar surface area (TPSA) is 96.6 Å². The molecule has 0 unspecified atom stereocenters. The Balaban J connectivity index is 2.33. The zero-order chi connectivity index (χ0) is 15.6. The summed E-state index contributed by atoms with van der Waals surface area (Å²) in [5.74, 6) is -1.51. The Kier molecular flexibility index (Phi) is 4.21. The maximum absolute atomic E-state index is 12.3. The lowest BCUT2D eigenvalue weighted by atomic mass is 10.1. The Labute approximate surface area is 122 Å². The molecule has 0 aromatic carbocycles. The highest BCUT2D eigenvalue weighted by atomic mass is 16.4. The number of aromatic nitrogens is 3. The Morgan fingerprint density at radius 3 is 2.76 bits per heavy atom. The van der Waals surface area contributed by atoms with Crippen LogP contribution in [0.4, 0.5) is 0 Å². The number of nitrogens with zero attached hydrogens (tertiary/aromatic N) is 3. The summed E-state index contributed by atoms with van der Waals surface area (Å²) in [6.07, 6.45) is 2.46. The predicted molar refractivity (Wildman–Crippen MR) is 76.3 cm³/mol. The minimum Gasteiger partial charge on any atom is -0.480 e. The molecule has 112 valence electrons. The lowest BCUT2D eigenvalue weighted by Gasteiger charge is -2.12. The van der Waals surface area contributed by atoms with Crippen molar-refractivity contribution in [3.05, 3.63) is 29.2 Å². The van der Waals surface area contributed by atoms with Crippen molar-refractivity contribution >= 4 is 17.5 Å². The molecule has 0 aliphatic carbocycles. The van der Waals surface area contributed by atoms with Gasteiger partial charge < -0.3 is 10.4 Å². The molecule has 0 bridgehead atoms. The summed E-state index contributed by atoms with van der Waals surface area (Å²) in [6.45, 7) is 5.57. The molecule has 1 atom stereocenters. The van der Waals surface area contributed by atoms with E-state index in [4.69, 9.17) is 5.11 Å². The van der Waals surface area contributed by atoms with Crippen molar-refractivity contribution in [1.29, 1.82) is 0 Å². The van der Waals surface area contributed by atoms with E-state index in [0.717, 1.165) is 11.4 Å². The Bertz CT molecular complexity index is 693. The first-order chi connectivity index (χ1) is 9.93. The van der Waals surface area contributed by atoms with E-state index in [-0.39, 0.29) is 5.56 Å². The van der Waals surface area contributed by atoms with Crippen LogP contribution in [0, 0.1) is 13.8 Å². The fraction of sp³-hybridized carbons (Fsp3) is 0.429. The molecule has 7 nitrogen and oxygen atoms in total. The number of nitrogens with one attached hydrogen (secondary N) is 1. The molecule has 1 amide bonds. The van der Waals surface area contributed by atoms with Crippen LogP contribution in [-0.2, 0) is 4.79 Å². The molecule has 21 heavy (non-hydrogen) atoms. The van der Waals surface area contributed by atoms with Crippen LogP contribution >= 0.6 is 0 Å². The first-order valence-corrected chi connectivity index (χ1v) is 6.79. The smallest absolute Gasteiger partial charge is 0.326 e. The molecule has 0 radical (unpaired) electrons. The highest BCUT2D eigenvalue weighted by molar-refractivity contribution is 6.01. The summed E-state index contributed by atoms with van der Waals surface area (Å²) < 4.78 is 1.57. The molecular formula is C14H18N4O3. The summed E-state index contributed by atoms with van der Waals surface area (Å²) in [5.41, 5.74) is 2.35. The van der Waals surface area contributed by atoms with E-state index in [1.54, 1.807) is 4.52 Å². The van der Waals surface area contributed by atoms with Crippen LogP contribution in [0.25, 0.3) is 5.65 Å². The van der Waals surface area contributed by atoms with Crippen molar-refractivity contribution < 1.29 is 14.7 Å². The molecule has 0 aliphatic rings. The van der Waals surface area contributed by atoms with Gasteiger partial charge in [0.05, 0.1) is 6.20 Å². The quantitative estimate of drug-likeness (QED) is 0.866. The highest BCUT2D eigenvalue weighted by Gasteiger charge is 2.22. The van der Waals surface area contributed by atoms with Crippen LogP contribution in [0.3, 0.4) is 0 Å². The molecule has 0 aliphatic heterocycles. The summed E-state index contributed by atoms with van der Waals surface area (Å²) in [6, 6.07) is 0.960. The molecule has 2 rings (SSSR count). The lowest BCUT2D eigenvalue weighted by Crippen LogP contribution is -2.40. The normalized spacial score (nSPS) is 12.3. The number of hydrogen-bond acceptors (Lipinski definition) is 4. The van der Waals surface area contributed by atoms with E-state index in [9.17, 15) is 9.59 Å². The van der Waals surface area contributed by atoms with Crippen LogP contribution < -0.4 is 5.32 Å². The van der Waals surface area contributed by atoms with Gasteiger partial charge in [-0.2, -0.15) is 5.10 Å². The number of carbonyl (C=O) groups excluding carboxylic acids is 1. The average Bonchev–Trinajstić information content (AvgIpc) is 2.81. The van der Waals surface area contributed by atoms with Crippen LogP contribution in [-0.4, -0.2) is 37.6 Å². The lowest BCUT2D eigenvalue weighted by molar-refractivity contribution is -0.139. The van der Waals surface area contributed by atoms with Gasteiger partial charge >= 0.3 is 5.97 Å². The third kappa shape index (κ3) is 3.01. The molecule has 2 heterocycles. The molecule has 0 saturated heterocycles. The molecule has 0 fully saturated rings. The summed E-state index contributed by atoms with van der Waals surface area (Å²) in [5, 5.41) is 15.7. The number of aliphatic carboxylic acids is 1. The zero-order valence-electron chi connectivity index (χ0n) is 12.3. The minimum absolute atomic E-state index is 0.282. The average molecular weight is 290 g/mol. The van der Waals surface area contributed by atoms with Crippen molar-refractivity contribution in [2.24, 2.45) is 0 Å². The zero-order valence-corrected chi connectivity index (χ0v) is 12.3. The Morgan fingerprint density at radius 1 is 1.43 bits per heavy atom. The highest BCUT2D eigenvalue weighted by Crippen LogP contribution is 2.12. The molecule has 0 spiro atoms. The van der Waals surface area contributed by atoms with Gasteiger partial charge in [0.25, 0.3) is 5.91 Å². The Morgan fingerprint density at radius 2 is 2.14 bits per heavy atom. The molecule has 7 heteroatoms. The monoisotopic (exact) mass is 290 g/mol. The Hall–Kier alpha value is -2.44. The standard InChI is InChI=1S/C14H18N4O3/c1-4-5-11(14(20)21)17-13(19)10-7-15-18-9(3)6-8(2)16-12(10)18/h6-7,11H,4-5H2,1-3H3,(H,17,19)(H,20,21)/t11-/m1/s1. The van der Waals surface area contributed by atoms with Crippen molar-refractivity contribution in [2.45, 2.75) is 39.7 Å². The second kappa shape index (κ2) is 5.90. The van der Waals surface area contributed by atoms with Gasteiger partial charge in [-0.15, -0.1) is 0 Å². The summed E-state index contributed by atoms with van der Waals surface area (Å²) in [4.78, 5) is 27.7. The number of carboxylic acids is 1. The van der Waals surface area contributed by atoms with Crippen molar-refractivity contribution in [3.8, 4) is 0 Å². The van der Waals surface area contributed by atoms with E-state index in [2.05, 4.69) is 15.4 Å². The van der Waals surface area contributed by atoms with E-state index in [0.29, 0.717) is 18.5 Å². The van der Waals surface area contributed by atoms with Gasteiger partial charge in [0.15, 0.2) is 5.65 Å². The number of amides is 1. The summed E-state index contributed by atoms with van der Waals surface area (Å²) >= 11 is 0. The van der Waals surface area contributed by atoms with E-state index in [1.807, 2.05) is 26.8 Å². The van der Waals surface area contributed by atoms with Crippen LogP contribution in [0.2, 0.25) is 0 Å². The molecule has 0 saturated carbocycles. The van der Waals surface area contributed by atoms with Gasteiger partial charge in [-0.3, -0.25) is 4.79 Å². The first kappa shape index (κ1) is 15.0. The van der Waals surface area contributed by atoms with Gasteiger partial charge in [-0.25, -0.2) is 14.3 Å². The number of hydrogen-bond donors (Lipinski definition) is 2. The SMILES string of the molecule is CCC[C@@H](NC(=O)c1cnn2c(C)cc(C)nc12)C(=O)O. The largest absolute Gasteiger partial charge is 0.480 e. The van der Waals surface area contributed by atoms with Crippen LogP contribution in [0.1, 0.15) is 41.5 Å². The molecule has 2 N–H and O–H groups in total. The number of aryl methyl sites for hydroxylation is 2. The van der Waals surface area contributed by atoms with Crippen molar-refractivity contribution in [3.63, 3.8) is 0 Å². The van der Waals surface area contributed by atoms with Gasteiger partial charge in [0.1, 0.15) is 11.6 Å². The minimum atomic E-state index is -1.04. The summed E-state index contributed by atoms with van der Waals surface area (Å²) in [7, 11) is 0. The fourth-order valence-electron chi connectivity index (χ4n) is 2.21. The van der Waals surface area contributed by atoms with Crippen LogP contribution in [0.15, 0.2) is 12.3 Å². The van der Waals surface area contributed by atoms with Crippen LogP contribution in [0.5, 0.6) is 0 Å². The van der Waals surface area contributed by atoms with Gasteiger partial charge in [-0.1, -0.05) is 13.3 Å². The predicted octanol–water partition coefficient (Wildman–Crippen LogP) is 1.33. The molecule has 2 aromatic rings. The maximum Gasteiger partial charge on any atom is 0.326 e. The third-order valence-corrected chi connectivity index (χ3v) is 3.20. The van der Waals surface area contributed by atoms with Gasteiger partial charge in [-0.05, 0) is 26.3 Å². The van der Waals surface area contributed by atoms with E-state index < -0.39 is 17.9 Å². The second-order valence-corrected chi connectivity index (χ2v) is 4.99. The number of fused-ring (bicyclic) bond motifs is 1. The van der Waals surface area contributed by atoms with Crippen molar-refractivity contribution in [2.75, 3.05) is 0 Å². The van der Waals surface area contributed by atoms with E-state index in [1.165, 1.54) is 6.20 Å².